The van der Waals surface area contributed by atoms with E-state index >= 15 is 0 Å². The number of Topliss-reactive ketones (excluding diaryl/α,β-unsaturated/α-hetero) is 2. The minimum Gasteiger partial charge on any atom is -0.508 e. The Morgan fingerprint density at radius 1 is 1.21 bits per heavy atom. The van der Waals surface area contributed by atoms with Crippen LogP contribution in [0.2, 0.25) is 0 Å². The van der Waals surface area contributed by atoms with Gasteiger partial charge in [0.05, 0.1) is 0 Å². The summed E-state index contributed by atoms with van der Waals surface area (Å²) in [6, 6.07) is 5.10. The second-order valence-electron chi connectivity index (χ2n) is 10.2. The van der Waals surface area contributed by atoms with Crippen LogP contribution in [-0.4, -0.2) is 58.0 Å². The molecule has 0 spiro atoms. The molecule has 8 nitrogen and oxygen atoms in total. The number of rotatable bonds is 6. The highest BCUT2D eigenvalue weighted by Crippen LogP contribution is 2.63. The summed E-state index contributed by atoms with van der Waals surface area (Å²) in [6.07, 6.45) is -0.828. The number of fused-ring (bicyclic) bond motifs is 3. The lowest BCUT2D eigenvalue weighted by molar-refractivity contribution is -0.196. The van der Waals surface area contributed by atoms with E-state index in [1.165, 1.54) is 6.92 Å². The summed E-state index contributed by atoms with van der Waals surface area (Å²) in [4.78, 5) is 38.1. The zero-order chi connectivity index (χ0) is 25.1. The van der Waals surface area contributed by atoms with Gasteiger partial charge >= 0.3 is 5.97 Å². The third-order valence-corrected chi connectivity index (χ3v) is 7.53. The van der Waals surface area contributed by atoms with Gasteiger partial charge in [-0.25, -0.2) is 0 Å². The van der Waals surface area contributed by atoms with Crippen molar-refractivity contribution in [1.29, 1.82) is 0 Å². The number of hydrogen-bond acceptors (Lipinski definition) is 8. The molecule has 1 saturated heterocycles. The summed E-state index contributed by atoms with van der Waals surface area (Å²) in [5, 5.41) is 20.7. The van der Waals surface area contributed by atoms with Gasteiger partial charge in [0, 0.05) is 12.3 Å². The fraction of sp³-hybridized carbons (Fsp3) is 0.577. The van der Waals surface area contributed by atoms with Gasteiger partial charge < -0.3 is 24.4 Å². The molecule has 4 rings (SSSR count). The van der Waals surface area contributed by atoms with Gasteiger partial charge in [-0.15, -0.1) is 0 Å². The van der Waals surface area contributed by atoms with E-state index in [4.69, 9.17) is 14.2 Å². The summed E-state index contributed by atoms with van der Waals surface area (Å²) in [7, 11) is 0. The molecular weight excluding hydrogens is 440 g/mol. The average Bonchev–Trinajstić information content (AvgIpc) is 3.15. The SMILES string of the molecule is CC(=O)OCC(=O)[C@@]12OC(C)(C)O[C@@H]1CC1=C(CCc3cc(O)ccc3C)C(=O)[C@@H](O)C[C@@]12C. The van der Waals surface area contributed by atoms with Crippen LogP contribution in [0.3, 0.4) is 0 Å². The normalized spacial score (nSPS) is 31.9. The van der Waals surface area contributed by atoms with Crippen molar-refractivity contribution in [3.63, 3.8) is 0 Å². The molecule has 0 unspecified atom stereocenters. The number of carbonyl (C=O) groups is 3. The molecule has 1 aromatic carbocycles. The number of aromatic hydroxyl groups is 1. The standard InChI is InChI=1S/C26H32O8/c1-14-6-8-17(28)10-16(14)7-9-18-19-11-22-26(34-24(3,4)33-22,21(30)13-32-15(2)27)25(19,5)12-20(29)23(18)31/h6,8,10,20,22,28-29H,7,9,11-13H2,1-5H3/t20-,22+,25-,26+/m0/s1. The Kier molecular flexibility index (Phi) is 5.99. The van der Waals surface area contributed by atoms with E-state index in [9.17, 15) is 24.6 Å². The topological polar surface area (TPSA) is 119 Å². The van der Waals surface area contributed by atoms with Crippen LogP contribution < -0.4 is 0 Å². The maximum absolute atomic E-state index is 13.6. The van der Waals surface area contributed by atoms with Crippen molar-refractivity contribution in [1.82, 2.24) is 0 Å². The molecule has 184 valence electrons. The number of hydrogen-bond donors (Lipinski definition) is 2. The molecule has 1 heterocycles. The third kappa shape index (κ3) is 3.78. The van der Waals surface area contributed by atoms with Gasteiger partial charge in [-0.3, -0.25) is 14.4 Å². The van der Waals surface area contributed by atoms with Crippen LogP contribution in [0.1, 0.15) is 58.1 Å². The van der Waals surface area contributed by atoms with Gasteiger partial charge in [-0.2, -0.15) is 0 Å². The summed E-state index contributed by atoms with van der Waals surface area (Å²) in [5.74, 6) is -2.30. The van der Waals surface area contributed by atoms with Crippen molar-refractivity contribution in [2.45, 2.75) is 83.9 Å². The first-order chi connectivity index (χ1) is 15.8. The van der Waals surface area contributed by atoms with Crippen molar-refractivity contribution in [2.24, 2.45) is 5.41 Å². The molecule has 1 aliphatic heterocycles. The number of aryl methyl sites for hydroxylation is 2. The Bertz CT molecular complexity index is 1090. The van der Waals surface area contributed by atoms with E-state index in [1.807, 2.05) is 19.9 Å². The predicted molar refractivity (Wildman–Crippen MR) is 121 cm³/mol. The largest absolute Gasteiger partial charge is 0.508 e. The van der Waals surface area contributed by atoms with Gasteiger partial charge in [0.2, 0.25) is 5.78 Å². The minimum absolute atomic E-state index is 0.0115. The molecule has 2 fully saturated rings. The Morgan fingerprint density at radius 2 is 1.91 bits per heavy atom. The number of aliphatic hydroxyl groups excluding tert-OH is 1. The summed E-state index contributed by atoms with van der Waals surface area (Å²) >= 11 is 0. The number of benzene rings is 1. The molecule has 1 saturated carbocycles. The number of esters is 1. The second kappa shape index (κ2) is 8.29. The fourth-order valence-corrected chi connectivity index (χ4v) is 6.03. The lowest BCUT2D eigenvalue weighted by Gasteiger charge is -2.45. The molecule has 0 bridgehead atoms. The highest BCUT2D eigenvalue weighted by molar-refractivity contribution is 6.02. The smallest absolute Gasteiger partial charge is 0.303 e. The molecule has 0 aromatic heterocycles. The first kappa shape index (κ1) is 24.6. The van der Waals surface area contributed by atoms with Crippen LogP contribution in [0.15, 0.2) is 29.3 Å². The molecule has 0 amide bonds. The van der Waals surface area contributed by atoms with Gasteiger partial charge in [0.15, 0.2) is 23.8 Å². The number of phenols is 1. The third-order valence-electron chi connectivity index (χ3n) is 7.53. The maximum atomic E-state index is 13.6. The number of carbonyl (C=O) groups excluding carboxylic acids is 3. The van der Waals surface area contributed by atoms with Crippen LogP contribution in [0.25, 0.3) is 0 Å². The van der Waals surface area contributed by atoms with E-state index in [2.05, 4.69) is 0 Å². The van der Waals surface area contributed by atoms with Crippen LogP contribution in [0.4, 0.5) is 0 Å². The minimum atomic E-state index is -1.49. The van der Waals surface area contributed by atoms with Crippen LogP contribution in [0, 0.1) is 12.3 Å². The molecule has 0 radical (unpaired) electrons. The fourth-order valence-electron chi connectivity index (χ4n) is 6.03. The Morgan fingerprint density at radius 3 is 2.59 bits per heavy atom. The quantitative estimate of drug-likeness (QED) is 0.607. The molecule has 8 heteroatoms. The molecular formula is C26H32O8. The summed E-state index contributed by atoms with van der Waals surface area (Å²) in [6.45, 7) is 7.94. The number of phenolic OH excluding ortho intramolecular Hbond substituents is 1. The number of aliphatic hydroxyl groups is 1. The maximum Gasteiger partial charge on any atom is 0.303 e. The van der Waals surface area contributed by atoms with Crippen molar-refractivity contribution in [3.05, 3.63) is 40.5 Å². The summed E-state index contributed by atoms with van der Waals surface area (Å²) in [5.41, 5.74) is 0.601. The molecule has 1 aromatic rings. The van der Waals surface area contributed by atoms with E-state index in [0.717, 1.165) is 16.7 Å². The van der Waals surface area contributed by atoms with Gasteiger partial charge in [-0.1, -0.05) is 18.6 Å². The zero-order valence-electron chi connectivity index (χ0n) is 20.3. The molecule has 2 N–H and O–H groups in total. The number of ketones is 2. The van der Waals surface area contributed by atoms with Gasteiger partial charge in [0.25, 0.3) is 0 Å². The van der Waals surface area contributed by atoms with Crippen LogP contribution >= 0.6 is 0 Å². The monoisotopic (exact) mass is 472 g/mol. The zero-order valence-corrected chi connectivity index (χ0v) is 20.3. The lowest BCUT2D eigenvalue weighted by Crippen LogP contribution is -2.59. The number of ether oxygens (including phenoxy) is 3. The average molecular weight is 473 g/mol. The van der Waals surface area contributed by atoms with Crippen molar-refractivity contribution >= 4 is 17.5 Å². The molecule has 3 aliphatic rings. The van der Waals surface area contributed by atoms with Gasteiger partial charge in [0.1, 0.15) is 18.0 Å². The highest BCUT2D eigenvalue weighted by Gasteiger charge is 2.73. The highest BCUT2D eigenvalue weighted by atomic mass is 16.8. The molecule has 34 heavy (non-hydrogen) atoms. The molecule has 2 aliphatic carbocycles. The van der Waals surface area contributed by atoms with Crippen LogP contribution in [-0.2, 0) is 35.0 Å². The predicted octanol–water partition coefficient (Wildman–Crippen LogP) is 2.70. The Balaban J connectivity index is 1.77. The van der Waals surface area contributed by atoms with Crippen molar-refractivity contribution in [3.8, 4) is 5.75 Å². The first-order valence-corrected chi connectivity index (χ1v) is 11.6. The summed E-state index contributed by atoms with van der Waals surface area (Å²) < 4.78 is 17.5. The second-order valence-corrected chi connectivity index (χ2v) is 10.2. The van der Waals surface area contributed by atoms with E-state index < -0.39 is 47.4 Å². The Hall–Kier alpha value is -2.55. The lowest BCUT2D eigenvalue weighted by atomic mass is 9.62. The van der Waals surface area contributed by atoms with Crippen LogP contribution in [0.5, 0.6) is 5.75 Å². The van der Waals surface area contributed by atoms with E-state index in [0.29, 0.717) is 24.8 Å². The first-order valence-electron chi connectivity index (χ1n) is 11.6. The Labute approximate surface area is 198 Å². The van der Waals surface area contributed by atoms with E-state index in [1.54, 1.807) is 26.0 Å². The van der Waals surface area contributed by atoms with Gasteiger partial charge in [-0.05, 0) is 75.3 Å². The van der Waals surface area contributed by atoms with E-state index in [-0.39, 0.29) is 18.0 Å². The van der Waals surface area contributed by atoms with Crippen molar-refractivity contribution < 1.29 is 38.8 Å². The van der Waals surface area contributed by atoms with Crippen molar-refractivity contribution in [2.75, 3.05) is 6.61 Å². The molecule has 4 atom stereocenters.